The first-order valence-electron chi connectivity index (χ1n) is 18.2. The van der Waals surface area contributed by atoms with Gasteiger partial charge in [0.15, 0.2) is 17.2 Å². The molecule has 7 rings (SSSR count). The summed E-state index contributed by atoms with van der Waals surface area (Å²) in [6.45, 7) is 16.1. The Morgan fingerprint density at radius 2 is 1.51 bits per heavy atom. The zero-order valence-corrected chi connectivity index (χ0v) is 34.1. The fraction of sp³-hybridized carbons (Fsp3) is 0.277. The van der Waals surface area contributed by atoms with Gasteiger partial charge in [0.1, 0.15) is 11.3 Å². The number of nitrogens with zero attached hydrogens (tertiary/aromatic N) is 1. The SMILES string of the molecule is CC(C)c1cc(-c2nccc3c2oc2c(F)c(-c4ccccc4)ccc23)[c-]c2ccc3ccccc3c12.CCC(C)(C)C(=O)/C=C(\O)C(C)(C)CC.[Ir]. The molecule has 7 aromatic rings. The van der Waals surface area contributed by atoms with Crippen LogP contribution < -0.4 is 0 Å². The molecular weight excluding hydrogens is 838 g/mol. The van der Waals surface area contributed by atoms with Crippen LogP contribution >= 0.6 is 0 Å². The van der Waals surface area contributed by atoms with Gasteiger partial charge >= 0.3 is 0 Å². The van der Waals surface area contributed by atoms with Crippen LogP contribution in [-0.4, -0.2) is 15.9 Å². The van der Waals surface area contributed by atoms with Crippen LogP contribution in [0.2, 0.25) is 0 Å². The maximum Gasteiger partial charge on any atom is 0.174 e. The van der Waals surface area contributed by atoms with Gasteiger partial charge in [-0.25, -0.2) is 4.39 Å². The van der Waals surface area contributed by atoms with Crippen molar-refractivity contribution in [2.24, 2.45) is 10.8 Å². The molecule has 53 heavy (non-hydrogen) atoms. The van der Waals surface area contributed by atoms with Crippen molar-refractivity contribution in [3.05, 3.63) is 126 Å². The summed E-state index contributed by atoms with van der Waals surface area (Å²) in [7, 11) is 0. The predicted octanol–water partition coefficient (Wildman–Crippen LogP) is 13.6. The molecule has 2 aromatic heterocycles. The summed E-state index contributed by atoms with van der Waals surface area (Å²) in [5.41, 5.74) is 4.23. The smallest absolute Gasteiger partial charge is 0.174 e. The minimum absolute atomic E-state index is 0. The Labute approximate surface area is 325 Å². The average molecular weight is 885 g/mol. The third-order valence-corrected chi connectivity index (χ3v) is 10.6. The van der Waals surface area contributed by atoms with E-state index in [0.29, 0.717) is 22.8 Å². The number of aromatic nitrogens is 1. The predicted molar refractivity (Wildman–Crippen MR) is 214 cm³/mol. The van der Waals surface area contributed by atoms with Gasteiger partial charge in [0.25, 0.3) is 0 Å². The second kappa shape index (κ2) is 15.8. The minimum atomic E-state index is -0.377. The van der Waals surface area contributed by atoms with E-state index in [1.54, 1.807) is 6.20 Å². The number of pyridine rings is 1. The molecule has 0 aliphatic carbocycles. The van der Waals surface area contributed by atoms with Crippen molar-refractivity contribution in [2.45, 2.75) is 74.1 Å². The monoisotopic (exact) mass is 885 g/mol. The van der Waals surface area contributed by atoms with Gasteiger partial charge in [-0.15, -0.1) is 29.1 Å². The van der Waals surface area contributed by atoms with E-state index in [2.05, 4.69) is 62.4 Å². The fourth-order valence-electron chi connectivity index (χ4n) is 6.31. The van der Waals surface area contributed by atoms with Gasteiger partial charge in [-0.3, -0.25) is 9.78 Å². The summed E-state index contributed by atoms with van der Waals surface area (Å²) in [6, 6.07) is 33.7. The molecule has 1 radical (unpaired) electrons. The third-order valence-electron chi connectivity index (χ3n) is 10.6. The van der Waals surface area contributed by atoms with Crippen molar-refractivity contribution in [1.29, 1.82) is 0 Å². The number of furan rings is 1. The molecule has 0 fully saturated rings. The van der Waals surface area contributed by atoms with Gasteiger partial charge in [0, 0.05) is 65.2 Å². The van der Waals surface area contributed by atoms with E-state index in [1.165, 1.54) is 27.8 Å². The molecule has 1 N–H and O–H groups in total. The maximum atomic E-state index is 15.7. The molecule has 0 amide bonds. The van der Waals surface area contributed by atoms with Crippen molar-refractivity contribution in [2.75, 3.05) is 0 Å². The van der Waals surface area contributed by atoms with E-state index < -0.39 is 0 Å². The number of fused-ring (bicyclic) bond motifs is 6. The topological polar surface area (TPSA) is 63.3 Å². The van der Waals surface area contributed by atoms with Crippen molar-refractivity contribution in [3.63, 3.8) is 0 Å². The molecule has 275 valence electrons. The minimum Gasteiger partial charge on any atom is -0.512 e. The summed E-state index contributed by atoms with van der Waals surface area (Å²) in [5.74, 6) is 0.130. The van der Waals surface area contributed by atoms with Gasteiger partial charge in [-0.05, 0) is 47.2 Å². The van der Waals surface area contributed by atoms with Crippen LogP contribution in [0.3, 0.4) is 0 Å². The second-order valence-corrected chi connectivity index (χ2v) is 15.2. The zero-order valence-electron chi connectivity index (χ0n) is 31.7. The van der Waals surface area contributed by atoms with Gasteiger partial charge < -0.3 is 9.52 Å². The van der Waals surface area contributed by atoms with Gasteiger partial charge in [-0.2, -0.15) is 0 Å². The molecule has 0 spiro atoms. The molecule has 2 heterocycles. The molecule has 6 heteroatoms. The third kappa shape index (κ3) is 7.72. The largest absolute Gasteiger partial charge is 0.512 e. The van der Waals surface area contributed by atoms with Gasteiger partial charge in [0.2, 0.25) is 0 Å². The number of aliphatic hydroxyl groups excluding tert-OH is 1. The molecule has 0 saturated carbocycles. The fourth-order valence-corrected chi connectivity index (χ4v) is 6.31. The normalized spacial score (nSPS) is 12.3. The number of halogens is 1. The zero-order chi connectivity index (χ0) is 37.4. The Bertz CT molecular complexity index is 2460. The van der Waals surface area contributed by atoms with E-state index in [9.17, 15) is 9.90 Å². The van der Waals surface area contributed by atoms with E-state index in [1.807, 2.05) is 90.1 Å². The maximum absolute atomic E-state index is 15.7. The second-order valence-electron chi connectivity index (χ2n) is 15.2. The van der Waals surface area contributed by atoms with Crippen LogP contribution in [0.5, 0.6) is 0 Å². The molecule has 0 aliphatic rings. The molecule has 4 nitrogen and oxygen atoms in total. The molecule has 0 unspecified atom stereocenters. The van der Waals surface area contributed by atoms with E-state index in [-0.39, 0.29) is 53.9 Å². The standard InChI is InChI=1S/C34H23FNO.C13H24O2.Ir/c1-20(2)29-19-24(18-23-13-12-22-10-6-7-11-25(22)30(23)29)32-34-28(16-17-36-32)27-15-14-26(31(35)33(27)37-34)21-8-4-3-5-9-21;1-7-12(3,4)10(14)9-11(15)13(5,6)8-2;/h3-17,19-20H,1-2H3;9,14H,7-8H2,1-6H3;/q-1;;/b;10-9-;. The van der Waals surface area contributed by atoms with Gasteiger partial charge in [0.05, 0.1) is 0 Å². The Morgan fingerprint density at radius 1 is 0.849 bits per heavy atom. The van der Waals surface area contributed by atoms with Crippen molar-refractivity contribution in [3.8, 4) is 22.4 Å². The summed E-state index contributed by atoms with van der Waals surface area (Å²) >= 11 is 0. The van der Waals surface area contributed by atoms with E-state index >= 15 is 4.39 Å². The summed E-state index contributed by atoms with van der Waals surface area (Å²) < 4.78 is 22.0. The molecule has 0 aliphatic heterocycles. The van der Waals surface area contributed by atoms with Crippen LogP contribution in [0.4, 0.5) is 4.39 Å². The first-order valence-corrected chi connectivity index (χ1v) is 18.2. The number of ketones is 1. The summed E-state index contributed by atoms with van der Waals surface area (Å²) in [4.78, 5) is 16.5. The summed E-state index contributed by atoms with van der Waals surface area (Å²) in [5, 5.41) is 16.1. The van der Waals surface area contributed by atoms with Crippen molar-refractivity contribution in [1.82, 2.24) is 4.98 Å². The molecular formula is C47H47FIrNO3-. The Morgan fingerprint density at radius 3 is 2.19 bits per heavy atom. The number of rotatable bonds is 8. The van der Waals surface area contributed by atoms with Crippen molar-refractivity contribution < 1.29 is 38.8 Å². The number of hydrogen-bond acceptors (Lipinski definition) is 4. The number of hydrogen-bond donors (Lipinski definition) is 1. The number of benzene rings is 5. The quantitative estimate of drug-likeness (QED) is 0.0715. The molecule has 0 bridgehead atoms. The summed E-state index contributed by atoms with van der Waals surface area (Å²) in [6.07, 6.45) is 4.76. The van der Waals surface area contributed by atoms with E-state index in [4.69, 9.17) is 9.40 Å². The number of aliphatic hydroxyl groups is 1. The van der Waals surface area contributed by atoms with Crippen molar-refractivity contribution >= 4 is 49.3 Å². The van der Waals surface area contributed by atoms with Crippen LogP contribution in [0.15, 0.2) is 113 Å². The Balaban J connectivity index is 0.000000290. The first-order chi connectivity index (χ1) is 24.8. The van der Waals surface area contributed by atoms with Crippen LogP contribution in [0.1, 0.15) is 79.7 Å². The van der Waals surface area contributed by atoms with Crippen LogP contribution in [0.25, 0.3) is 65.9 Å². The Kier molecular flexibility index (Phi) is 11.8. The number of carbonyl (C=O) groups is 1. The number of carbonyl (C=O) groups excluding carboxylic acids is 1. The van der Waals surface area contributed by atoms with Gasteiger partial charge in [-0.1, -0.05) is 133 Å². The first kappa shape index (κ1) is 39.6. The molecule has 0 atom stereocenters. The van der Waals surface area contributed by atoms with Crippen LogP contribution in [-0.2, 0) is 24.9 Å². The molecule has 5 aromatic carbocycles. The van der Waals surface area contributed by atoms with Crippen LogP contribution in [0, 0.1) is 22.7 Å². The number of allylic oxidation sites excluding steroid dienone is 2. The van der Waals surface area contributed by atoms with E-state index in [0.717, 1.165) is 40.1 Å². The Hall–Kier alpha value is -4.64. The molecule has 0 saturated heterocycles. The average Bonchev–Trinajstić information content (AvgIpc) is 3.54.